The monoisotopic (exact) mass is 452 g/mol. The smallest absolute Gasteiger partial charge is 0.332 e. The molecule has 33 heavy (non-hydrogen) atoms. The van der Waals surface area contributed by atoms with Crippen molar-refractivity contribution in [2.24, 2.45) is 0 Å². The largest absolute Gasteiger partial charge is 0.417 e. The number of aryl methyl sites for hydroxylation is 2. The Morgan fingerprint density at radius 1 is 0.939 bits per heavy atom. The number of carbonyl (C=O) groups excluding carboxylic acids is 1. The molecule has 0 spiro atoms. The van der Waals surface area contributed by atoms with Gasteiger partial charge in [0.2, 0.25) is 5.91 Å². The molecule has 2 aromatic carbocycles. The molecular weight excluding hydrogens is 429 g/mol. The van der Waals surface area contributed by atoms with Crippen LogP contribution in [-0.4, -0.2) is 25.6 Å². The van der Waals surface area contributed by atoms with Gasteiger partial charge in [0.25, 0.3) is 0 Å². The van der Waals surface area contributed by atoms with E-state index in [0.29, 0.717) is 13.1 Å². The molecule has 0 saturated carbocycles. The molecule has 2 aromatic heterocycles. The fourth-order valence-electron chi connectivity index (χ4n) is 3.88. The molecule has 1 amide bonds. The number of carbonyl (C=O) groups is 1. The first kappa shape index (κ1) is 22.5. The van der Waals surface area contributed by atoms with E-state index in [1.54, 1.807) is 4.90 Å². The van der Waals surface area contributed by atoms with Crippen LogP contribution in [-0.2, 0) is 30.6 Å². The zero-order valence-corrected chi connectivity index (χ0v) is 18.3. The van der Waals surface area contributed by atoms with Crippen LogP contribution in [0.2, 0.25) is 0 Å². The first-order valence-corrected chi connectivity index (χ1v) is 10.5. The van der Waals surface area contributed by atoms with Gasteiger partial charge in [-0.1, -0.05) is 60.7 Å². The molecule has 4 aromatic rings. The van der Waals surface area contributed by atoms with Crippen molar-refractivity contribution in [3.63, 3.8) is 0 Å². The molecular formula is C25H23F3N4O. The van der Waals surface area contributed by atoms with Crippen LogP contribution in [0.5, 0.6) is 0 Å². The third-order valence-corrected chi connectivity index (χ3v) is 5.38. The number of alkyl halides is 3. The van der Waals surface area contributed by atoms with E-state index in [4.69, 9.17) is 0 Å². The van der Waals surface area contributed by atoms with E-state index in [0.717, 1.165) is 17.2 Å². The van der Waals surface area contributed by atoms with Gasteiger partial charge in [0, 0.05) is 18.8 Å². The number of fused-ring (bicyclic) bond motifs is 1. The zero-order chi connectivity index (χ0) is 23.6. The number of aromatic nitrogens is 3. The molecule has 0 aliphatic rings. The molecule has 170 valence electrons. The summed E-state index contributed by atoms with van der Waals surface area (Å²) in [5, 5.41) is 4.18. The Bertz CT molecular complexity index is 1230. The van der Waals surface area contributed by atoms with Crippen LogP contribution >= 0.6 is 0 Å². The van der Waals surface area contributed by atoms with Crippen molar-refractivity contribution in [2.75, 3.05) is 0 Å². The summed E-state index contributed by atoms with van der Waals surface area (Å²) in [6.45, 7) is 3.53. The molecule has 0 aliphatic carbocycles. The molecule has 2 heterocycles. The summed E-state index contributed by atoms with van der Waals surface area (Å²) in [4.78, 5) is 19.3. The van der Waals surface area contributed by atoms with E-state index < -0.39 is 11.7 Å². The highest BCUT2D eigenvalue weighted by Crippen LogP contribution is 2.36. The Labute approximate surface area is 189 Å². The number of nitrogens with zero attached hydrogens (tertiary/aromatic N) is 4. The van der Waals surface area contributed by atoms with Crippen LogP contribution in [0.25, 0.3) is 11.0 Å². The number of hydrogen-bond donors (Lipinski definition) is 0. The summed E-state index contributed by atoms with van der Waals surface area (Å²) in [5.41, 5.74) is 1.59. The van der Waals surface area contributed by atoms with Crippen LogP contribution in [0.1, 0.15) is 28.1 Å². The SMILES string of the molecule is Cc1cc(C(F)(F)F)c2c(C)nn(CC(=O)N(Cc3ccccc3)Cc3ccccc3)c2n1. The van der Waals surface area contributed by atoms with Gasteiger partial charge >= 0.3 is 6.18 Å². The van der Waals surface area contributed by atoms with Gasteiger partial charge in [0.15, 0.2) is 5.65 Å². The van der Waals surface area contributed by atoms with Gasteiger partial charge in [0.1, 0.15) is 6.54 Å². The summed E-state index contributed by atoms with van der Waals surface area (Å²) in [7, 11) is 0. The molecule has 0 N–H and O–H groups in total. The normalized spacial score (nSPS) is 11.7. The van der Waals surface area contributed by atoms with Crippen LogP contribution < -0.4 is 0 Å². The quantitative estimate of drug-likeness (QED) is 0.399. The predicted octanol–water partition coefficient (Wildman–Crippen LogP) is 5.30. The molecule has 0 fully saturated rings. The minimum absolute atomic E-state index is 0.0625. The van der Waals surface area contributed by atoms with Crippen LogP contribution in [0.4, 0.5) is 13.2 Å². The number of rotatable bonds is 6. The first-order valence-electron chi connectivity index (χ1n) is 10.5. The number of pyridine rings is 1. The average molecular weight is 452 g/mol. The third-order valence-electron chi connectivity index (χ3n) is 5.38. The molecule has 0 atom stereocenters. The number of hydrogen-bond acceptors (Lipinski definition) is 3. The fourth-order valence-corrected chi connectivity index (χ4v) is 3.88. The number of benzene rings is 2. The average Bonchev–Trinajstić information content (AvgIpc) is 3.08. The molecule has 0 bridgehead atoms. The second-order valence-electron chi connectivity index (χ2n) is 7.97. The lowest BCUT2D eigenvalue weighted by Crippen LogP contribution is -2.33. The molecule has 0 unspecified atom stereocenters. The highest BCUT2D eigenvalue weighted by atomic mass is 19.4. The van der Waals surface area contributed by atoms with Crippen molar-refractivity contribution < 1.29 is 18.0 Å². The van der Waals surface area contributed by atoms with E-state index in [9.17, 15) is 18.0 Å². The summed E-state index contributed by atoms with van der Waals surface area (Å²) < 4.78 is 42.1. The summed E-state index contributed by atoms with van der Waals surface area (Å²) in [6, 6.07) is 20.1. The van der Waals surface area contributed by atoms with E-state index in [2.05, 4.69) is 10.1 Å². The van der Waals surface area contributed by atoms with Crippen molar-refractivity contribution in [1.29, 1.82) is 0 Å². The fraction of sp³-hybridized carbons (Fsp3) is 0.240. The lowest BCUT2D eigenvalue weighted by molar-refractivity contribution is -0.136. The molecule has 8 heteroatoms. The third kappa shape index (κ3) is 5.05. The van der Waals surface area contributed by atoms with Crippen molar-refractivity contribution >= 4 is 16.9 Å². The summed E-state index contributed by atoms with van der Waals surface area (Å²) >= 11 is 0. The molecule has 5 nitrogen and oxygen atoms in total. The van der Waals surface area contributed by atoms with Gasteiger partial charge in [-0.3, -0.25) is 4.79 Å². The summed E-state index contributed by atoms with van der Waals surface area (Å²) in [6.07, 6.45) is -4.54. The van der Waals surface area contributed by atoms with Crippen molar-refractivity contribution in [3.05, 3.63) is 94.8 Å². The van der Waals surface area contributed by atoms with Crippen LogP contribution in [0.15, 0.2) is 66.7 Å². The minimum Gasteiger partial charge on any atom is -0.332 e. The van der Waals surface area contributed by atoms with Gasteiger partial charge in [-0.2, -0.15) is 18.3 Å². The van der Waals surface area contributed by atoms with Crippen molar-refractivity contribution in [3.8, 4) is 0 Å². The predicted molar refractivity (Wildman–Crippen MR) is 119 cm³/mol. The summed E-state index contributed by atoms with van der Waals surface area (Å²) in [5.74, 6) is -0.260. The maximum Gasteiger partial charge on any atom is 0.417 e. The standard InChI is InChI=1S/C25H23F3N4O/c1-17-13-21(25(26,27)28)23-18(2)30-32(24(23)29-17)16-22(33)31(14-19-9-5-3-6-10-19)15-20-11-7-4-8-12-20/h3-13H,14-16H2,1-2H3. The maximum atomic E-state index is 13.6. The van der Waals surface area contributed by atoms with Gasteiger partial charge < -0.3 is 4.90 Å². The van der Waals surface area contributed by atoms with Gasteiger partial charge in [-0.15, -0.1) is 0 Å². The maximum absolute atomic E-state index is 13.6. The van der Waals surface area contributed by atoms with Gasteiger partial charge in [-0.05, 0) is 31.0 Å². The topological polar surface area (TPSA) is 51.0 Å². The Hall–Kier alpha value is -3.68. The van der Waals surface area contributed by atoms with Crippen molar-refractivity contribution in [2.45, 2.75) is 39.7 Å². The molecule has 0 saturated heterocycles. The van der Waals surface area contributed by atoms with E-state index in [1.807, 2.05) is 60.7 Å². The molecule has 0 radical (unpaired) electrons. The zero-order valence-electron chi connectivity index (χ0n) is 18.3. The minimum atomic E-state index is -4.54. The highest BCUT2D eigenvalue weighted by molar-refractivity contribution is 5.85. The van der Waals surface area contributed by atoms with Gasteiger partial charge in [0.05, 0.1) is 16.6 Å². The Morgan fingerprint density at radius 2 is 1.48 bits per heavy atom. The lowest BCUT2D eigenvalue weighted by Gasteiger charge is -2.23. The Balaban J connectivity index is 1.68. The van der Waals surface area contributed by atoms with Crippen molar-refractivity contribution in [1.82, 2.24) is 19.7 Å². The van der Waals surface area contributed by atoms with Crippen LogP contribution in [0, 0.1) is 13.8 Å². The van der Waals surface area contributed by atoms with Crippen LogP contribution in [0.3, 0.4) is 0 Å². The molecule has 4 rings (SSSR count). The Morgan fingerprint density at radius 3 is 2.00 bits per heavy atom. The Kier molecular flexibility index (Phi) is 6.18. The number of halogens is 3. The van der Waals surface area contributed by atoms with E-state index in [1.165, 1.54) is 18.5 Å². The number of amides is 1. The second-order valence-corrected chi connectivity index (χ2v) is 7.97. The second kappa shape index (κ2) is 9.05. The van der Waals surface area contributed by atoms with E-state index >= 15 is 0 Å². The lowest BCUT2D eigenvalue weighted by atomic mass is 10.1. The van der Waals surface area contributed by atoms with Gasteiger partial charge in [-0.25, -0.2) is 9.67 Å². The highest BCUT2D eigenvalue weighted by Gasteiger charge is 2.35. The molecule has 0 aliphatic heterocycles. The van der Waals surface area contributed by atoms with E-state index in [-0.39, 0.29) is 34.9 Å². The first-order chi connectivity index (χ1) is 15.7.